The van der Waals surface area contributed by atoms with Gasteiger partial charge in [0.15, 0.2) is 0 Å². The lowest BCUT2D eigenvalue weighted by molar-refractivity contribution is 0.350. The van der Waals surface area contributed by atoms with Crippen LogP contribution in [0.1, 0.15) is 38.7 Å². The number of aliphatic hydroxyl groups excluding tert-OH is 1. The number of aliphatic hydroxyl groups is 1. The normalized spacial score (nSPS) is 20.8. The molecular formula is C15H20N2O3S. The molecule has 21 heavy (non-hydrogen) atoms. The number of nitrogens with zero attached hydrogens (tertiary/aromatic N) is 1. The molecule has 0 aliphatic heterocycles. The van der Waals surface area contributed by atoms with Gasteiger partial charge in [-0.15, -0.1) is 0 Å². The lowest BCUT2D eigenvalue weighted by Gasteiger charge is -2.17. The van der Waals surface area contributed by atoms with Crippen LogP contribution < -0.4 is 4.72 Å². The zero-order chi connectivity index (χ0) is 15.5. The van der Waals surface area contributed by atoms with Crippen LogP contribution >= 0.6 is 0 Å². The van der Waals surface area contributed by atoms with E-state index >= 15 is 0 Å². The average molecular weight is 308 g/mol. The third-order valence-corrected chi connectivity index (χ3v) is 5.11. The Hall–Kier alpha value is -1.42. The van der Waals surface area contributed by atoms with E-state index in [0.29, 0.717) is 5.56 Å². The van der Waals surface area contributed by atoms with Crippen molar-refractivity contribution in [1.29, 1.82) is 0 Å². The van der Waals surface area contributed by atoms with Crippen molar-refractivity contribution in [3.8, 4) is 11.8 Å². The number of hydrogen-bond donors (Lipinski definition) is 2. The molecule has 1 aromatic heterocycles. The highest BCUT2D eigenvalue weighted by atomic mass is 32.2. The first kappa shape index (κ1) is 16.0. The second-order valence-corrected chi connectivity index (χ2v) is 7.81. The van der Waals surface area contributed by atoms with E-state index in [4.69, 9.17) is 5.11 Å². The molecule has 1 saturated carbocycles. The predicted octanol–water partition coefficient (Wildman–Crippen LogP) is 1.28. The summed E-state index contributed by atoms with van der Waals surface area (Å²) >= 11 is 0. The summed E-state index contributed by atoms with van der Waals surface area (Å²) in [5, 5.41) is 8.67. The molecule has 1 aromatic rings. The summed E-state index contributed by atoms with van der Waals surface area (Å²) in [4.78, 5) is 4.01. The fraction of sp³-hybridized carbons (Fsp3) is 0.533. The Labute approximate surface area is 125 Å². The number of sulfonamides is 1. The van der Waals surface area contributed by atoms with Crippen LogP contribution in [0, 0.1) is 17.3 Å². The fourth-order valence-electron chi connectivity index (χ4n) is 2.60. The van der Waals surface area contributed by atoms with Gasteiger partial charge in [0.2, 0.25) is 10.0 Å². The monoisotopic (exact) mass is 308 g/mol. The van der Waals surface area contributed by atoms with Gasteiger partial charge >= 0.3 is 0 Å². The molecule has 6 heteroatoms. The predicted molar refractivity (Wildman–Crippen MR) is 79.9 cm³/mol. The Morgan fingerprint density at radius 2 is 2.24 bits per heavy atom. The zero-order valence-corrected chi connectivity index (χ0v) is 13.1. The summed E-state index contributed by atoms with van der Waals surface area (Å²) in [6.45, 7) is 4.02. The highest BCUT2D eigenvalue weighted by Gasteiger charge is 2.33. The topological polar surface area (TPSA) is 79.3 Å². The van der Waals surface area contributed by atoms with Gasteiger partial charge in [0, 0.05) is 24.0 Å². The summed E-state index contributed by atoms with van der Waals surface area (Å²) < 4.78 is 27.5. The molecule has 0 amide bonds. The first-order valence-corrected chi connectivity index (χ1v) is 8.38. The Morgan fingerprint density at radius 3 is 2.86 bits per heavy atom. The van der Waals surface area contributed by atoms with Crippen LogP contribution in [-0.4, -0.2) is 31.2 Å². The molecule has 5 nitrogen and oxygen atoms in total. The average Bonchev–Trinajstić information content (AvgIpc) is 2.75. The van der Waals surface area contributed by atoms with Crippen molar-refractivity contribution in [3.63, 3.8) is 0 Å². The molecule has 1 heterocycles. The summed E-state index contributed by atoms with van der Waals surface area (Å²) in [5.74, 6) is 5.14. The minimum Gasteiger partial charge on any atom is -0.384 e. The maximum Gasteiger partial charge on any atom is 0.242 e. The van der Waals surface area contributed by atoms with E-state index < -0.39 is 10.0 Å². The number of nitrogens with one attached hydrogen (secondary N) is 1. The maximum absolute atomic E-state index is 12.4. The minimum absolute atomic E-state index is 0.0304. The largest absolute Gasteiger partial charge is 0.384 e. The highest BCUT2D eigenvalue weighted by Crippen LogP contribution is 2.37. The quantitative estimate of drug-likeness (QED) is 0.825. The van der Waals surface area contributed by atoms with Gasteiger partial charge in [-0.1, -0.05) is 25.7 Å². The molecule has 1 atom stereocenters. The van der Waals surface area contributed by atoms with E-state index in [1.165, 1.54) is 18.5 Å². The maximum atomic E-state index is 12.4. The first-order valence-electron chi connectivity index (χ1n) is 6.89. The molecule has 114 valence electrons. The van der Waals surface area contributed by atoms with Gasteiger partial charge < -0.3 is 5.11 Å². The van der Waals surface area contributed by atoms with Crippen LogP contribution in [0.4, 0.5) is 0 Å². The van der Waals surface area contributed by atoms with Crippen molar-refractivity contribution in [3.05, 3.63) is 24.0 Å². The number of pyridine rings is 1. The van der Waals surface area contributed by atoms with Gasteiger partial charge in [-0.2, -0.15) is 0 Å². The van der Waals surface area contributed by atoms with Gasteiger partial charge in [-0.25, -0.2) is 13.1 Å². The SMILES string of the molecule is CC1(C)CCC(NS(=O)(=O)c2cncc(C#CCO)c2)C1. The van der Waals surface area contributed by atoms with Crippen LogP contribution in [0.15, 0.2) is 23.4 Å². The van der Waals surface area contributed by atoms with E-state index in [-0.39, 0.29) is 23.0 Å². The highest BCUT2D eigenvalue weighted by molar-refractivity contribution is 7.89. The number of hydrogen-bond acceptors (Lipinski definition) is 4. The van der Waals surface area contributed by atoms with Crippen molar-refractivity contribution in [2.75, 3.05) is 6.61 Å². The molecular weight excluding hydrogens is 288 g/mol. The second kappa shape index (κ2) is 6.14. The van der Waals surface area contributed by atoms with Crippen LogP contribution in [0.2, 0.25) is 0 Å². The van der Waals surface area contributed by atoms with Gasteiger partial charge in [0.1, 0.15) is 11.5 Å². The van der Waals surface area contributed by atoms with Crippen molar-refractivity contribution in [1.82, 2.24) is 9.71 Å². The van der Waals surface area contributed by atoms with Crippen molar-refractivity contribution >= 4 is 10.0 Å². The Balaban J connectivity index is 2.16. The van der Waals surface area contributed by atoms with Crippen molar-refractivity contribution in [2.45, 2.75) is 44.0 Å². The minimum atomic E-state index is -3.58. The molecule has 0 bridgehead atoms. The summed E-state index contributed by atoms with van der Waals surface area (Å²) in [6, 6.07) is 1.44. The smallest absolute Gasteiger partial charge is 0.242 e. The van der Waals surface area contributed by atoms with Gasteiger partial charge in [0.05, 0.1) is 0 Å². The van der Waals surface area contributed by atoms with Crippen molar-refractivity contribution < 1.29 is 13.5 Å². The number of rotatable bonds is 3. The molecule has 1 fully saturated rings. The second-order valence-electron chi connectivity index (χ2n) is 6.09. The van der Waals surface area contributed by atoms with E-state index in [1.807, 2.05) is 0 Å². The van der Waals surface area contributed by atoms with Crippen LogP contribution in [-0.2, 0) is 10.0 Å². The van der Waals surface area contributed by atoms with E-state index in [9.17, 15) is 8.42 Å². The molecule has 1 unspecified atom stereocenters. The van der Waals surface area contributed by atoms with Crippen LogP contribution in [0.5, 0.6) is 0 Å². The molecule has 1 aliphatic rings. The Morgan fingerprint density at radius 1 is 1.48 bits per heavy atom. The molecule has 0 saturated heterocycles. The molecule has 0 aromatic carbocycles. The van der Waals surface area contributed by atoms with E-state index in [0.717, 1.165) is 19.3 Å². The molecule has 0 radical (unpaired) electrons. The van der Waals surface area contributed by atoms with Crippen LogP contribution in [0.3, 0.4) is 0 Å². The standard InChI is InChI=1S/C15H20N2O3S/c1-15(2)6-5-13(9-15)17-21(19,20)14-8-12(4-3-7-18)10-16-11-14/h8,10-11,13,17-18H,5-7,9H2,1-2H3. The van der Waals surface area contributed by atoms with E-state index in [2.05, 4.69) is 35.4 Å². The Bertz CT molecular complexity index is 672. The first-order chi connectivity index (χ1) is 9.82. The van der Waals surface area contributed by atoms with Crippen LogP contribution in [0.25, 0.3) is 0 Å². The van der Waals surface area contributed by atoms with Crippen molar-refractivity contribution in [2.24, 2.45) is 5.41 Å². The molecule has 1 aliphatic carbocycles. The zero-order valence-electron chi connectivity index (χ0n) is 12.3. The third-order valence-electron chi connectivity index (χ3n) is 3.63. The fourth-order valence-corrected chi connectivity index (χ4v) is 3.86. The molecule has 2 N–H and O–H groups in total. The van der Waals surface area contributed by atoms with Gasteiger partial charge in [-0.3, -0.25) is 4.98 Å². The van der Waals surface area contributed by atoms with Gasteiger partial charge in [0.25, 0.3) is 0 Å². The molecule has 2 rings (SSSR count). The third kappa shape index (κ3) is 4.27. The lowest BCUT2D eigenvalue weighted by atomic mass is 9.92. The Kier molecular flexibility index (Phi) is 4.67. The summed E-state index contributed by atoms with van der Waals surface area (Å²) in [7, 11) is -3.58. The van der Waals surface area contributed by atoms with E-state index in [1.54, 1.807) is 0 Å². The summed E-state index contributed by atoms with van der Waals surface area (Å²) in [5.41, 5.74) is 0.651. The lowest BCUT2D eigenvalue weighted by Crippen LogP contribution is -2.33. The number of aromatic nitrogens is 1. The summed E-state index contributed by atoms with van der Waals surface area (Å²) in [6.07, 6.45) is 5.49. The van der Waals surface area contributed by atoms with Gasteiger partial charge in [-0.05, 0) is 30.7 Å². The molecule has 0 spiro atoms.